The van der Waals surface area contributed by atoms with Gasteiger partial charge in [-0.3, -0.25) is 4.79 Å². The third kappa shape index (κ3) is 5.66. The van der Waals surface area contributed by atoms with Crippen LogP contribution < -0.4 is 10.1 Å². The maximum Gasteiger partial charge on any atom is 0.318 e. The summed E-state index contributed by atoms with van der Waals surface area (Å²) in [5, 5.41) is 2.93. The highest BCUT2D eigenvalue weighted by atomic mass is 16.5. The predicted molar refractivity (Wildman–Crippen MR) is 133 cm³/mol. The van der Waals surface area contributed by atoms with Crippen LogP contribution in [0.5, 0.6) is 5.75 Å². The first-order chi connectivity index (χ1) is 17.1. The Morgan fingerprint density at radius 1 is 1.00 bits per heavy atom. The van der Waals surface area contributed by atoms with Crippen molar-refractivity contribution in [2.75, 3.05) is 40.5 Å². The summed E-state index contributed by atoms with van der Waals surface area (Å²) in [6.45, 7) is 2.22. The second kappa shape index (κ2) is 11.6. The molecular weight excluding hydrogens is 444 g/mol. The van der Waals surface area contributed by atoms with E-state index >= 15 is 0 Å². The Morgan fingerprint density at radius 3 is 2.54 bits per heavy atom. The van der Waals surface area contributed by atoms with Gasteiger partial charge in [0.1, 0.15) is 18.3 Å². The second-order valence-corrected chi connectivity index (χ2v) is 8.42. The topological polar surface area (TPSA) is 76.0 Å². The van der Waals surface area contributed by atoms with E-state index in [0.717, 1.165) is 22.6 Å². The number of para-hydroxylation sites is 1. The van der Waals surface area contributed by atoms with Gasteiger partial charge in [0.15, 0.2) is 0 Å². The third-order valence-electron chi connectivity index (χ3n) is 6.26. The number of rotatable bonds is 9. The molecule has 0 saturated carbocycles. The van der Waals surface area contributed by atoms with Gasteiger partial charge in [-0.1, -0.05) is 48.5 Å². The van der Waals surface area contributed by atoms with E-state index in [4.69, 9.17) is 9.47 Å². The van der Waals surface area contributed by atoms with E-state index in [-0.39, 0.29) is 24.5 Å². The van der Waals surface area contributed by atoms with Gasteiger partial charge < -0.3 is 29.2 Å². The van der Waals surface area contributed by atoms with Crippen LogP contribution in [0.3, 0.4) is 0 Å². The number of benzene rings is 2. The SMILES string of the molecule is COCCN(CC(=O)N1CCn2cccc2C1c1ccccc1OC)C(=O)NCc1ccccc1. The molecule has 1 unspecified atom stereocenters. The smallest absolute Gasteiger partial charge is 0.318 e. The molecule has 184 valence electrons. The predicted octanol–water partition coefficient (Wildman–Crippen LogP) is 3.29. The number of nitrogens with zero attached hydrogens (tertiary/aromatic N) is 3. The van der Waals surface area contributed by atoms with Gasteiger partial charge in [-0.25, -0.2) is 4.79 Å². The molecule has 1 aliphatic heterocycles. The molecule has 0 saturated heterocycles. The fourth-order valence-electron chi connectivity index (χ4n) is 4.46. The Kier molecular flexibility index (Phi) is 8.05. The van der Waals surface area contributed by atoms with Crippen LogP contribution in [0.15, 0.2) is 72.9 Å². The minimum absolute atomic E-state index is 0.0453. The average Bonchev–Trinajstić information content (AvgIpc) is 3.38. The summed E-state index contributed by atoms with van der Waals surface area (Å²) in [4.78, 5) is 30.1. The van der Waals surface area contributed by atoms with Gasteiger partial charge >= 0.3 is 6.03 Å². The number of carbonyl (C=O) groups excluding carboxylic acids is 2. The third-order valence-corrected chi connectivity index (χ3v) is 6.26. The Balaban J connectivity index is 1.54. The van der Waals surface area contributed by atoms with Gasteiger partial charge in [0.2, 0.25) is 5.91 Å². The van der Waals surface area contributed by atoms with Crippen molar-refractivity contribution in [3.8, 4) is 5.75 Å². The summed E-state index contributed by atoms with van der Waals surface area (Å²) in [6, 6.07) is 20.9. The number of nitrogens with one attached hydrogen (secondary N) is 1. The number of hydrogen-bond acceptors (Lipinski definition) is 4. The summed E-state index contributed by atoms with van der Waals surface area (Å²) in [5.74, 6) is 0.598. The number of ether oxygens (including phenoxy) is 2. The molecule has 35 heavy (non-hydrogen) atoms. The van der Waals surface area contributed by atoms with Gasteiger partial charge in [0, 0.05) is 50.7 Å². The quantitative estimate of drug-likeness (QED) is 0.514. The summed E-state index contributed by atoms with van der Waals surface area (Å²) >= 11 is 0. The van der Waals surface area contributed by atoms with Crippen molar-refractivity contribution >= 4 is 11.9 Å². The molecule has 1 atom stereocenters. The minimum Gasteiger partial charge on any atom is -0.496 e. The van der Waals surface area contributed by atoms with E-state index in [0.29, 0.717) is 32.8 Å². The molecule has 4 rings (SSSR count). The fourth-order valence-corrected chi connectivity index (χ4v) is 4.46. The molecule has 3 aromatic rings. The molecule has 3 amide bonds. The van der Waals surface area contributed by atoms with Crippen molar-refractivity contribution < 1.29 is 19.1 Å². The van der Waals surface area contributed by atoms with E-state index < -0.39 is 0 Å². The normalized spacial score (nSPS) is 14.8. The van der Waals surface area contributed by atoms with Gasteiger partial charge in [-0.05, 0) is 23.8 Å². The summed E-state index contributed by atoms with van der Waals surface area (Å²) in [5.41, 5.74) is 2.93. The van der Waals surface area contributed by atoms with E-state index in [1.165, 1.54) is 4.90 Å². The van der Waals surface area contributed by atoms with Crippen molar-refractivity contribution in [1.82, 2.24) is 19.7 Å². The molecule has 8 heteroatoms. The molecule has 8 nitrogen and oxygen atoms in total. The largest absolute Gasteiger partial charge is 0.496 e. The van der Waals surface area contributed by atoms with Gasteiger partial charge in [-0.15, -0.1) is 0 Å². The van der Waals surface area contributed by atoms with Gasteiger partial charge in [-0.2, -0.15) is 0 Å². The van der Waals surface area contributed by atoms with Crippen molar-refractivity contribution in [2.24, 2.45) is 0 Å². The molecule has 0 bridgehead atoms. The lowest BCUT2D eigenvalue weighted by atomic mass is 9.98. The Labute approximate surface area is 206 Å². The Bertz CT molecular complexity index is 1130. The van der Waals surface area contributed by atoms with Crippen LogP contribution in [0.1, 0.15) is 22.9 Å². The zero-order valence-corrected chi connectivity index (χ0v) is 20.2. The minimum atomic E-state index is -0.306. The van der Waals surface area contributed by atoms with Crippen LogP contribution in [0.25, 0.3) is 0 Å². The van der Waals surface area contributed by atoms with Gasteiger partial charge in [0.25, 0.3) is 0 Å². The molecule has 0 fully saturated rings. The number of fused-ring (bicyclic) bond motifs is 1. The molecular formula is C27H32N4O4. The number of methoxy groups -OCH3 is 2. The van der Waals surface area contributed by atoms with Crippen LogP contribution in [0, 0.1) is 0 Å². The van der Waals surface area contributed by atoms with Crippen LogP contribution in [0.4, 0.5) is 4.79 Å². The standard InChI is InChI=1S/C27H32N4O4/c1-34-18-17-30(27(33)28-19-21-9-4-3-5-10-21)20-25(32)31-16-15-29-14-8-12-23(29)26(31)22-11-6-7-13-24(22)35-2/h3-14,26H,15-20H2,1-2H3,(H,28,33). The molecule has 1 N–H and O–H groups in total. The summed E-state index contributed by atoms with van der Waals surface area (Å²) in [6.07, 6.45) is 2.03. The molecule has 0 aliphatic carbocycles. The highest BCUT2D eigenvalue weighted by Gasteiger charge is 2.34. The zero-order chi connectivity index (χ0) is 24.6. The highest BCUT2D eigenvalue weighted by Crippen LogP contribution is 2.37. The fraction of sp³-hybridized carbons (Fsp3) is 0.333. The van der Waals surface area contributed by atoms with Crippen molar-refractivity contribution in [2.45, 2.75) is 19.1 Å². The lowest BCUT2D eigenvalue weighted by molar-refractivity contribution is -0.134. The molecule has 2 aromatic carbocycles. The van der Waals surface area contributed by atoms with Crippen molar-refractivity contribution in [3.05, 3.63) is 89.7 Å². The molecule has 2 heterocycles. The second-order valence-electron chi connectivity index (χ2n) is 8.42. The maximum atomic E-state index is 13.7. The first kappa shape index (κ1) is 24.3. The number of urea groups is 1. The molecule has 0 spiro atoms. The van der Waals surface area contributed by atoms with Crippen LogP contribution in [0.2, 0.25) is 0 Å². The Hall–Kier alpha value is -3.78. The first-order valence-corrected chi connectivity index (χ1v) is 11.8. The zero-order valence-electron chi connectivity index (χ0n) is 20.2. The number of hydrogen-bond donors (Lipinski definition) is 1. The maximum absolute atomic E-state index is 13.7. The van der Waals surface area contributed by atoms with Crippen LogP contribution in [-0.4, -0.2) is 66.8 Å². The van der Waals surface area contributed by atoms with E-state index in [9.17, 15) is 9.59 Å². The lowest BCUT2D eigenvalue weighted by Crippen LogP contribution is -2.50. The van der Waals surface area contributed by atoms with Crippen LogP contribution >= 0.6 is 0 Å². The molecule has 0 radical (unpaired) electrons. The first-order valence-electron chi connectivity index (χ1n) is 11.8. The number of aromatic nitrogens is 1. The molecule has 1 aromatic heterocycles. The van der Waals surface area contributed by atoms with Crippen molar-refractivity contribution in [1.29, 1.82) is 0 Å². The Morgan fingerprint density at radius 2 is 1.77 bits per heavy atom. The van der Waals surface area contributed by atoms with Crippen LogP contribution in [-0.2, 0) is 22.6 Å². The number of carbonyl (C=O) groups is 2. The molecule has 1 aliphatic rings. The van der Waals surface area contributed by atoms with Gasteiger partial charge in [0.05, 0.1) is 13.7 Å². The van der Waals surface area contributed by atoms with Crippen molar-refractivity contribution in [3.63, 3.8) is 0 Å². The number of amides is 3. The summed E-state index contributed by atoms with van der Waals surface area (Å²) in [7, 11) is 3.22. The van der Waals surface area contributed by atoms with E-state index in [1.54, 1.807) is 14.2 Å². The van der Waals surface area contributed by atoms with E-state index in [2.05, 4.69) is 9.88 Å². The summed E-state index contributed by atoms with van der Waals surface area (Å²) < 4.78 is 13.0. The monoisotopic (exact) mass is 476 g/mol. The lowest BCUT2D eigenvalue weighted by Gasteiger charge is -2.38. The highest BCUT2D eigenvalue weighted by molar-refractivity contribution is 5.85. The average molecular weight is 477 g/mol. The van der Waals surface area contributed by atoms with E-state index in [1.807, 2.05) is 77.8 Å².